The average Bonchev–Trinajstić information content (AvgIpc) is 2.40. The van der Waals surface area contributed by atoms with Crippen LogP contribution in [0.2, 0.25) is 0 Å². The molecule has 0 amide bonds. The largest absolute Gasteiger partial charge is 0.439 e. The number of nitrogens with zero attached hydrogens (tertiary/aromatic N) is 3. The normalized spacial score (nSPS) is 10.4. The number of hydrogen-bond donors (Lipinski definition) is 1. The van der Waals surface area contributed by atoms with Crippen molar-refractivity contribution in [2.75, 3.05) is 12.8 Å². The standard InChI is InChI=1S/C13H14N4O4/c1-8-5-9(17(18)19)3-4-10(8)21-13-6-11(14)15-12(16-13)7-20-2/h3-6H,7H2,1-2H3,(H2,14,15,16). The molecule has 0 saturated heterocycles. The van der Waals surface area contributed by atoms with E-state index in [1.165, 1.54) is 31.4 Å². The predicted octanol–water partition coefficient (Wildman–Crippen LogP) is 2.21. The highest BCUT2D eigenvalue weighted by atomic mass is 16.6. The lowest BCUT2D eigenvalue weighted by Gasteiger charge is -2.09. The molecular formula is C13H14N4O4. The third-order valence-electron chi connectivity index (χ3n) is 2.63. The van der Waals surface area contributed by atoms with Crippen LogP contribution in [0.3, 0.4) is 0 Å². The summed E-state index contributed by atoms with van der Waals surface area (Å²) in [5.41, 5.74) is 6.29. The number of non-ortho nitro benzene ring substituents is 1. The molecule has 0 radical (unpaired) electrons. The van der Waals surface area contributed by atoms with Crippen molar-refractivity contribution in [2.24, 2.45) is 0 Å². The Hall–Kier alpha value is -2.74. The van der Waals surface area contributed by atoms with Crippen LogP contribution in [0.4, 0.5) is 11.5 Å². The lowest BCUT2D eigenvalue weighted by Crippen LogP contribution is -2.03. The van der Waals surface area contributed by atoms with Crippen LogP contribution in [0.15, 0.2) is 24.3 Å². The molecule has 0 fully saturated rings. The quantitative estimate of drug-likeness (QED) is 0.663. The number of methoxy groups -OCH3 is 1. The van der Waals surface area contributed by atoms with Gasteiger partial charge in [0.2, 0.25) is 5.88 Å². The molecular weight excluding hydrogens is 276 g/mol. The van der Waals surface area contributed by atoms with Gasteiger partial charge >= 0.3 is 0 Å². The van der Waals surface area contributed by atoms with Crippen molar-refractivity contribution in [2.45, 2.75) is 13.5 Å². The van der Waals surface area contributed by atoms with Gasteiger partial charge in [0.15, 0.2) is 5.82 Å². The van der Waals surface area contributed by atoms with Crippen molar-refractivity contribution < 1.29 is 14.4 Å². The molecule has 0 aliphatic carbocycles. The van der Waals surface area contributed by atoms with Crippen molar-refractivity contribution in [3.05, 3.63) is 45.8 Å². The van der Waals surface area contributed by atoms with E-state index in [1.54, 1.807) is 6.92 Å². The highest BCUT2D eigenvalue weighted by molar-refractivity contribution is 5.45. The maximum Gasteiger partial charge on any atom is 0.269 e. The monoisotopic (exact) mass is 290 g/mol. The van der Waals surface area contributed by atoms with Gasteiger partial charge in [-0.3, -0.25) is 10.1 Å². The van der Waals surface area contributed by atoms with Crippen LogP contribution in [0.25, 0.3) is 0 Å². The van der Waals surface area contributed by atoms with Gasteiger partial charge in [-0.05, 0) is 18.6 Å². The summed E-state index contributed by atoms with van der Waals surface area (Å²) in [5.74, 6) is 1.37. The van der Waals surface area contributed by atoms with Gasteiger partial charge in [-0.1, -0.05) is 0 Å². The highest BCUT2D eigenvalue weighted by Crippen LogP contribution is 2.27. The number of rotatable bonds is 5. The number of nitro groups is 1. The molecule has 0 unspecified atom stereocenters. The SMILES string of the molecule is COCc1nc(N)cc(Oc2ccc([N+](=O)[O-])cc2C)n1. The first-order valence-corrected chi connectivity index (χ1v) is 6.05. The lowest BCUT2D eigenvalue weighted by molar-refractivity contribution is -0.384. The number of nitrogen functional groups attached to an aromatic ring is 1. The van der Waals surface area contributed by atoms with E-state index in [0.29, 0.717) is 17.1 Å². The van der Waals surface area contributed by atoms with Crippen molar-refractivity contribution in [3.8, 4) is 11.6 Å². The summed E-state index contributed by atoms with van der Waals surface area (Å²) in [6.07, 6.45) is 0. The molecule has 8 heteroatoms. The molecule has 1 aromatic heterocycles. The van der Waals surface area contributed by atoms with Crippen LogP contribution in [0.1, 0.15) is 11.4 Å². The molecule has 8 nitrogen and oxygen atoms in total. The van der Waals surface area contributed by atoms with Crippen LogP contribution >= 0.6 is 0 Å². The maximum absolute atomic E-state index is 10.7. The number of hydrogen-bond acceptors (Lipinski definition) is 7. The summed E-state index contributed by atoms with van der Waals surface area (Å²) in [6.45, 7) is 1.92. The van der Waals surface area contributed by atoms with Crippen LogP contribution in [-0.4, -0.2) is 22.0 Å². The van der Waals surface area contributed by atoms with Crippen LogP contribution in [-0.2, 0) is 11.3 Å². The molecule has 21 heavy (non-hydrogen) atoms. The van der Waals surface area contributed by atoms with Gasteiger partial charge < -0.3 is 15.2 Å². The predicted molar refractivity (Wildman–Crippen MR) is 75.1 cm³/mol. The minimum Gasteiger partial charge on any atom is -0.439 e. The van der Waals surface area contributed by atoms with Gasteiger partial charge in [0.25, 0.3) is 5.69 Å². The fourth-order valence-electron chi connectivity index (χ4n) is 1.71. The van der Waals surface area contributed by atoms with E-state index in [-0.39, 0.29) is 24.0 Å². The first-order valence-electron chi connectivity index (χ1n) is 6.05. The summed E-state index contributed by atoms with van der Waals surface area (Å²) in [5, 5.41) is 10.7. The fourth-order valence-corrected chi connectivity index (χ4v) is 1.71. The molecule has 2 rings (SSSR count). The number of nitrogens with two attached hydrogens (primary N) is 1. The van der Waals surface area contributed by atoms with E-state index in [0.717, 1.165) is 0 Å². The molecule has 0 spiro atoms. The first kappa shape index (κ1) is 14.7. The van der Waals surface area contributed by atoms with Crippen molar-refractivity contribution in [1.29, 1.82) is 0 Å². The minimum atomic E-state index is -0.462. The second kappa shape index (κ2) is 6.14. The Kier molecular flexibility index (Phi) is 4.29. The Labute approximate surface area is 120 Å². The summed E-state index contributed by atoms with van der Waals surface area (Å²) >= 11 is 0. The Morgan fingerprint density at radius 3 is 2.71 bits per heavy atom. The van der Waals surface area contributed by atoms with E-state index in [4.69, 9.17) is 15.2 Å². The van der Waals surface area contributed by atoms with Gasteiger partial charge in [0.1, 0.15) is 18.2 Å². The number of ether oxygens (including phenoxy) is 2. The Bertz CT molecular complexity index is 675. The third-order valence-corrected chi connectivity index (χ3v) is 2.63. The third kappa shape index (κ3) is 3.63. The summed E-state index contributed by atoms with van der Waals surface area (Å²) in [4.78, 5) is 18.4. The average molecular weight is 290 g/mol. The van der Waals surface area contributed by atoms with E-state index < -0.39 is 4.92 Å². The molecule has 110 valence electrons. The second-order valence-corrected chi connectivity index (χ2v) is 4.29. The topological polar surface area (TPSA) is 113 Å². The molecule has 0 aliphatic rings. The fraction of sp³-hybridized carbons (Fsp3) is 0.231. The summed E-state index contributed by atoms with van der Waals surface area (Å²) in [6, 6.07) is 5.78. The van der Waals surface area contributed by atoms with Gasteiger partial charge in [0, 0.05) is 25.3 Å². The molecule has 1 heterocycles. The summed E-state index contributed by atoms with van der Waals surface area (Å²) < 4.78 is 10.5. The maximum atomic E-state index is 10.7. The zero-order chi connectivity index (χ0) is 15.4. The number of nitro benzene ring substituents is 1. The minimum absolute atomic E-state index is 0.00197. The van der Waals surface area contributed by atoms with E-state index >= 15 is 0 Å². The lowest BCUT2D eigenvalue weighted by atomic mass is 10.2. The van der Waals surface area contributed by atoms with Gasteiger partial charge in [-0.25, -0.2) is 4.98 Å². The van der Waals surface area contributed by atoms with Crippen molar-refractivity contribution in [3.63, 3.8) is 0 Å². The molecule has 1 aromatic carbocycles. The molecule has 2 N–H and O–H groups in total. The summed E-state index contributed by atoms with van der Waals surface area (Å²) in [7, 11) is 1.52. The van der Waals surface area contributed by atoms with Crippen molar-refractivity contribution in [1.82, 2.24) is 9.97 Å². The molecule has 2 aromatic rings. The molecule has 0 saturated carbocycles. The van der Waals surface area contributed by atoms with Crippen LogP contribution in [0.5, 0.6) is 11.6 Å². The van der Waals surface area contributed by atoms with E-state index in [9.17, 15) is 10.1 Å². The van der Waals surface area contributed by atoms with E-state index in [1.807, 2.05) is 0 Å². The van der Waals surface area contributed by atoms with Crippen LogP contribution < -0.4 is 10.5 Å². The Morgan fingerprint density at radius 1 is 1.33 bits per heavy atom. The molecule has 0 atom stereocenters. The molecule has 0 bridgehead atoms. The number of anilines is 1. The van der Waals surface area contributed by atoms with Crippen molar-refractivity contribution >= 4 is 11.5 Å². The molecule has 0 aliphatic heterocycles. The zero-order valence-electron chi connectivity index (χ0n) is 11.6. The second-order valence-electron chi connectivity index (χ2n) is 4.29. The van der Waals surface area contributed by atoms with Crippen LogP contribution in [0, 0.1) is 17.0 Å². The number of benzene rings is 1. The highest BCUT2D eigenvalue weighted by Gasteiger charge is 2.11. The first-order chi connectivity index (χ1) is 9.99. The zero-order valence-corrected chi connectivity index (χ0v) is 11.6. The van der Waals surface area contributed by atoms with Gasteiger partial charge in [-0.2, -0.15) is 4.98 Å². The Balaban J connectivity index is 2.27. The van der Waals surface area contributed by atoms with E-state index in [2.05, 4.69) is 9.97 Å². The Morgan fingerprint density at radius 2 is 2.10 bits per heavy atom. The number of aromatic nitrogens is 2. The van der Waals surface area contributed by atoms with Gasteiger partial charge in [-0.15, -0.1) is 0 Å². The number of aryl methyl sites for hydroxylation is 1. The van der Waals surface area contributed by atoms with Gasteiger partial charge in [0.05, 0.1) is 4.92 Å². The smallest absolute Gasteiger partial charge is 0.269 e.